The number of fused-ring (bicyclic) bond motifs is 3. The van der Waals surface area contributed by atoms with Crippen LogP contribution >= 0.6 is 0 Å². The van der Waals surface area contributed by atoms with Gasteiger partial charge in [-0.2, -0.15) is 5.10 Å². The number of benzene rings is 1. The van der Waals surface area contributed by atoms with E-state index in [4.69, 9.17) is 0 Å². The molecule has 0 bridgehead atoms. The van der Waals surface area contributed by atoms with Crippen LogP contribution in [0.3, 0.4) is 0 Å². The van der Waals surface area contributed by atoms with Crippen LogP contribution in [0.15, 0.2) is 29.2 Å². The second-order valence-electron chi connectivity index (χ2n) is 7.21. The van der Waals surface area contributed by atoms with E-state index >= 15 is 0 Å². The number of unbranched alkanes of at least 4 members (excludes halogenated alkanes) is 1. The maximum Gasteiger partial charge on any atom is 0.291 e. The molecular weight excluding hydrogens is 354 g/mol. The molecule has 2 aromatic heterocycles. The summed E-state index contributed by atoms with van der Waals surface area (Å²) in [6.45, 7) is 9.62. The highest BCUT2D eigenvalue weighted by Crippen LogP contribution is 2.23. The number of amides is 1. The van der Waals surface area contributed by atoms with Crippen molar-refractivity contribution in [2.24, 2.45) is 0 Å². The number of rotatable bonds is 9. The van der Waals surface area contributed by atoms with E-state index < -0.39 is 0 Å². The highest BCUT2D eigenvalue weighted by molar-refractivity contribution is 6.06. The molecule has 0 aliphatic carbocycles. The summed E-state index contributed by atoms with van der Waals surface area (Å²) in [6, 6.07) is 5.99. The third kappa shape index (κ3) is 4.42. The van der Waals surface area contributed by atoms with Crippen LogP contribution in [0.2, 0.25) is 0 Å². The van der Waals surface area contributed by atoms with Crippen LogP contribution in [0, 0.1) is 6.92 Å². The number of carbonyl (C=O) groups is 1. The van der Waals surface area contributed by atoms with Crippen molar-refractivity contribution >= 4 is 27.7 Å². The number of hydrogen-bond acceptors (Lipinski definition) is 4. The number of nitrogens with zero attached hydrogens (tertiary/aromatic N) is 3. The number of carbonyl (C=O) groups excluding carboxylic acids is 1. The van der Waals surface area contributed by atoms with Gasteiger partial charge in [-0.3, -0.25) is 9.59 Å². The molecule has 3 rings (SSSR count). The number of likely N-dealkylation sites (N-methyl/N-ethyl adjacent to an activating group) is 1. The van der Waals surface area contributed by atoms with E-state index in [1.807, 2.05) is 25.1 Å². The summed E-state index contributed by atoms with van der Waals surface area (Å²) in [7, 11) is 0. The summed E-state index contributed by atoms with van der Waals surface area (Å²) in [4.78, 5) is 30.5. The Hall–Kier alpha value is -2.67. The maximum absolute atomic E-state index is 12.7. The lowest BCUT2D eigenvalue weighted by molar-refractivity contribution is -0.121. The van der Waals surface area contributed by atoms with Crippen molar-refractivity contribution in [3.8, 4) is 0 Å². The van der Waals surface area contributed by atoms with Crippen LogP contribution in [0.25, 0.3) is 21.8 Å². The monoisotopic (exact) mass is 383 g/mol. The van der Waals surface area contributed by atoms with Crippen molar-refractivity contribution in [2.75, 3.05) is 26.2 Å². The number of aromatic nitrogens is 3. The Balaban J connectivity index is 1.67. The molecule has 7 nitrogen and oxygen atoms in total. The van der Waals surface area contributed by atoms with Crippen molar-refractivity contribution in [3.05, 3.63) is 40.3 Å². The lowest BCUT2D eigenvalue weighted by atomic mass is 10.1. The zero-order valence-electron chi connectivity index (χ0n) is 16.9. The van der Waals surface area contributed by atoms with E-state index in [2.05, 4.69) is 34.1 Å². The van der Waals surface area contributed by atoms with E-state index in [1.165, 1.54) is 4.68 Å². The van der Waals surface area contributed by atoms with Gasteiger partial charge < -0.3 is 15.2 Å². The Morgan fingerprint density at radius 1 is 1.25 bits per heavy atom. The van der Waals surface area contributed by atoms with Gasteiger partial charge in [-0.1, -0.05) is 31.9 Å². The molecule has 1 aromatic carbocycles. The van der Waals surface area contributed by atoms with Gasteiger partial charge in [0.05, 0.1) is 6.20 Å². The Kier molecular flexibility index (Phi) is 6.46. The van der Waals surface area contributed by atoms with Gasteiger partial charge in [0.15, 0.2) is 0 Å². The molecule has 150 valence electrons. The molecule has 0 aliphatic heterocycles. The largest absolute Gasteiger partial charge is 0.353 e. The molecule has 2 heterocycles. The number of aromatic amines is 1. The van der Waals surface area contributed by atoms with Crippen LogP contribution in [-0.4, -0.2) is 51.8 Å². The average molecular weight is 383 g/mol. The van der Waals surface area contributed by atoms with E-state index in [9.17, 15) is 9.59 Å². The van der Waals surface area contributed by atoms with Crippen molar-refractivity contribution in [1.82, 2.24) is 25.0 Å². The number of nitrogens with one attached hydrogen (secondary N) is 2. The fourth-order valence-electron chi connectivity index (χ4n) is 3.41. The Labute approximate surface area is 164 Å². The lowest BCUT2D eigenvalue weighted by Gasteiger charge is -2.20. The van der Waals surface area contributed by atoms with Crippen LogP contribution in [0.4, 0.5) is 0 Å². The number of hydrogen-bond donors (Lipinski definition) is 2. The normalized spacial score (nSPS) is 11.6. The first-order valence-electron chi connectivity index (χ1n) is 10.0. The molecule has 3 aromatic rings. The van der Waals surface area contributed by atoms with Gasteiger partial charge in [0, 0.05) is 29.4 Å². The van der Waals surface area contributed by atoms with Gasteiger partial charge in [-0.25, -0.2) is 4.68 Å². The summed E-state index contributed by atoms with van der Waals surface area (Å²) < 4.78 is 1.22. The third-order valence-electron chi connectivity index (χ3n) is 5.09. The van der Waals surface area contributed by atoms with E-state index in [-0.39, 0.29) is 18.0 Å². The van der Waals surface area contributed by atoms with E-state index in [1.54, 1.807) is 6.20 Å². The molecule has 2 N–H and O–H groups in total. The Morgan fingerprint density at radius 3 is 2.82 bits per heavy atom. The topological polar surface area (TPSA) is 83.0 Å². The molecule has 0 radical (unpaired) electrons. The van der Waals surface area contributed by atoms with Crippen molar-refractivity contribution < 1.29 is 4.79 Å². The van der Waals surface area contributed by atoms with Gasteiger partial charge in [-0.15, -0.1) is 0 Å². The van der Waals surface area contributed by atoms with Gasteiger partial charge >= 0.3 is 0 Å². The quantitative estimate of drug-likeness (QED) is 0.594. The minimum absolute atomic E-state index is 0.0791. The van der Waals surface area contributed by atoms with Crippen molar-refractivity contribution in [3.63, 3.8) is 0 Å². The highest BCUT2D eigenvalue weighted by Gasteiger charge is 2.13. The molecule has 0 spiro atoms. The fourth-order valence-corrected chi connectivity index (χ4v) is 3.41. The van der Waals surface area contributed by atoms with Gasteiger partial charge in [0.25, 0.3) is 5.56 Å². The zero-order valence-corrected chi connectivity index (χ0v) is 16.9. The summed E-state index contributed by atoms with van der Waals surface area (Å²) in [6.07, 6.45) is 3.98. The molecule has 0 fully saturated rings. The summed E-state index contributed by atoms with van der Waals surface area (Å²) in [5, 5.41) is 8.86. The molecule has 0 saturated carbocycles. The molecule has 1 amide bonds. The molecule has 0 atom stereocenters. The minimum atomic E-state index is -0.278. The second kappa shape index (κ2) is 9.01. The minimum Gasteiger partial charge on any atom is -0.353 e. The maximum atomic E-state index is 12.7. The first-order valence-corrected chi connectivity index (χ1v) is 10.0. The van der Waals surface area contributed by atoms with Crippen LogP contribution < -0.4 is 10.9 Å². The van der Waals surface area contributed by atoms with Crippen molar-refractivity contribution in [1.29, 1.82) is 0 Å². The standard InChI is InChI=1S/C21H29N5O2/c1-4-6-10-25(5-2)11-9-22-19(27)14-26-21(28)20-17(13-23-26)16-12-15(3)7-8-18(16)24-20/h7-8,12-13,24H,4-6,9-11,14H2,1-3H3,(H,22,27). The summed E-state index contributed by atoms with van der Waals surface area (Å²) in [5.74, 6) is -0.201. The predicted molar refractivity (Wildman–Crippen MR) is 113 cm³/mol. The molecule has 0 unspecified atom stereocenters. The third-order valence-corrected chi connectivity index (χ3v) is 5.09. The Bertz CT molecular complexity index is 1020. The van der Waals surface area contributed by atoms with Gasteiger partial charge in [-0.05, 0) is 38.6 Å². The summed E-state index contributed by atoms with van der Waals surface area (Å²) >= 11 is 0. The smallest absolute Gasteiger partial charge is 0.291 e. The Morgan fingerprint density at radius 2 is 2.07 bits per heavy atom. The molecular formula is C21H29N5O2. The van der Waals surface area contributed by atoms with Gasteiger partial charge in [0.2, 0.25) is 5.91 Å². The van der Waals surface area contributed by atoms with Crippen LogP contribution in [-0.2, 0) is 11.3 Å². The van der Waals surface area contributed by atoms with E-state index in [0.717, 1.165) is 54.3 Å². The molecule has 0 aliphatic rings. The van der Waals surface area contributed by atoms with Gasteiger partial charge in [0.1, 0.15) is 12.1 Å². The highest BCUT2D eigenvalue weighted by atomic mass is 16.2. The SMILES string of the molecule is CCCCN(CC)CCNC(=O)Cn1ncc2c([nH]c3ccc(C)cc32)c1=O. The van der Waals surface area contributed by atoms with Crippen molar-refractivity contribution in [2.45, 2.75) is 40.2 Å². The van der Waals surface area contributed by atoms with Crippen LogP contribution in [0.5, 0.6) is 0 Å². The van der Waals surface area contributed by atoms with Crippen LogP contribution in [0.1, 0.15) is 32.3 Å². The zero-order chi connectivity index (χ0) is 20.1. The fraction of sp³-hybridized carbons (Fsp3) is 0.476. The number of H-pyrrole nitrogens is 1. The molecule has 0 saturated heterocycles. The first kappa shape index (κ1) is 20.1. The average Bonchev–Trinajstić information content (AvgIpc) is 3.05. The second-order valence-corrected chi connectivity index (χ2v) is 7.21. The predicted octanol–water partition coefficient (Wildman–Crippen LogP) is 2.42. The summed E-state index contributed by atoms with van der Waals surface area (Å²) in [5.41, 5.74) is 2.23. The molecule has 7 heteroatoms. The van der Waals surface area contributed by atoms with E-state index in [0.29, 0.717) is 12.1 Å². The first-order chi connectivity index (χ1) is 13.5. The number of aryl methyl sites for hydroxylation is 1. The molecule has 28 heavy (non-hydrogen) atoms. The lowest BCUT2D eigenvalue weighted by Crippen LogP contribution is -2.38.